The molecule has 0 aromatic heterocycles. The summed E-state index contributed by atoms with van der Waals surface area (Å²) in [6.45, 7) is 2.24. The number of hydrogen-bond acceptors (Lipinski definition) is 2. The molecule has 30 heavy (non-hydrogen) atoms. The third-order valence-electron chi connectivity index (χ3n) is 6.67. The van der Waals surface area contributed by atoms with Crippen LogP contribution in [0, 0.1) is 0 Å². The minimum Gasteiger partial charge on any atom is -0.333 e. The summed E-state index contributed by atoms with van der Waals surface area (Å²) in [5, 5.41) is 8.41. The van der Waals surface area contributed by atoms with E-state index in [1.165, 1.54) is 43.8 Å². The molecule has 148 valence electrons. The van der Waals surface area contributed by atoms with Crippen LogP contribution in [-0.4, -0.2) is 23.4 Å². The van der Waals surface area contributed by atoms with Gasteiger partial charge in [0, 0.05) is 13.1 Å². The molecule has 1 fully saturated rings. The van der Waals surface area contributed by atoms with Gasteiger partial charge in [-0.25, -0.2) is 0 Å². The molecule has 0 saturated carbocycles. The number of hydrogen-bond donors (Lipinski definition) is 1. The van der Waals surface area contributed by atoms with Crippen molar-refractivity contribution < 1.29 is 4.79 Å². The van der Waals surface area contributed by atoms with E-state index in [1.807, 2.05) is 0 Å². The largest absolute Gasteiger partial charge is 0.333 e. The van der Waals surface area contributed by atoms with Crippen molar-refractivity contribution in [1.29, 1.82) is 0 Å². The van der Waals surface area contributed by atoms with Crippen LogP contribution in [0.1, 0.15) is 24.0 Å². The lowest BCUT2D eigenvalue weighted by Crippen LogP contribution is -2.42. The Morgan fingerprint density at radius 3 is 1.87 bits per heavy atom. The summed E-state index contributed by atoms with van der Waals surface area (Å²) in [4.78, 5) is 15.4. The van der Waals surface area contributed by atoms with Crippen molar-refractivity contribution in [3.8, 4) is 11.1 Å². The zero-order valence-electron chi connectivity index (χ0n) is 16.9. The van der Waals surface area contributed by atoms with E-state index in [0.29, 0.717) is 13.1 Å². The van der Waals surface area contributed by atoms with Gasteiger partial charge >= 0.3 is 0 Å². The Morgan fingerprint density at radius 2 is 1.33 bits per heavy atom. The first-order chi connectivity index (χ1) is 14.8. The molecule has 3 heteroatoms. The normalized spacial score (nSPS) is 18.3. The van der Waals surface area contributed by atoms with E-state index in [-0.39, 0.29) is 11.9 Å². The summed E-state index contributed by atoms with van der Waals surface area (Å²) < 4.78 is 0. The Balaban J connectivity index is 1.63. The van der Waals surface area contributed by atoms with Crippen molar-refractivity contribution in [1.82, 2.24) is 10.2 Å². The number of carbonyl (C=O) groups is 1. The number of benzene rings is 4. The number of rotatable bonds is 1. The maximum atomic E-state index is 13.4. The Bertz CT molecular complexity index is 1200. The van der Waals surface area contributed by atoms with Gasteiger partial charge in [-0.05, 0) is 63.2 Å². The van der Waals surface area contributed by atoms with Gasteiger partial charge in [-0.1, -0.05) is 72.8 Å². The molecule has 1 amide bonds. The highest BCUT2D eigenvalue weighted by atomic mass is 16.2. The van der Waals surface area contributed by atoms with Crippen LogP contribution in [0.5, 0.6) is 0 Å². The molecule has 2 aliphatic heterocycles. The lowest BCUT2D eigenvalue weighted by Gasteiger charge is -2.25. The highest BCUT2D eigenvalue weighted by Gasteiger charge is 2.30. The number of fused-ring (bicyclic) bond motifs is 7. The van der Waals surface area contributed by atoms with Gasteiger partial charge in [-0.2, -0.15) is 0 Å². The van der Waals surface area contributed by atoms with Gasteiger partial charge in [-0.15, -0.1) is 0 Å². The van der Waals surface area contributed by atoms with Gasteiger partial charge < -0.3 is 10.2 Å². The van der Waals surface area contributed by atoms with E-state index in [0.717, 1.165) is 19.4 Å². The fourth-order valence-corrected chi connectivity index (χ4v) is 5.23. The van der Waals surface area contributed by atoms with Crippen molar-refractivity contribution in [2.75, 3.05) is 6.54 Å². The van der Waals surface area contributed by atoms with Crippen LogP contribution in [0.25, 0.3) is 32.7 Å². The maximum Gasteiger partial charge on any atom is 0.240 e. The average Bonchev–Trinajstić information content (AvgIpc) is 3.27. The fourth-order valence-electron chi connectivity index (χ4n) is 5.23. The van der Waals surface area contributed by atoms with Crippen molar-refractivity contribution in [3.05, 3.63) is 83.9 Å². The topological polar surface area (TPSA) is 32.3 Å². The molecule has 0 aliphatic carbocycles. The van der Waals surface area contributed by atoms with Crippen LogP contribution in [0.15, 0.2) is 72.8 Å². The van der Waals surface area contributed by atoms with Gasteiger partial charge in [0.25, 0.3) is 0 Å². The van der Waals surface area contributed by atoms with Crippen molar-refractivity contribution in [2.45, 2.75) is 32.0 Å². The quantitative estimate of drug-likeness (QED) is 0.480. The molecule has 3 nitrogen and oxygen atoms in total. The summed E-state index contributed by atoms with van der Waals surface area (Å²) in [6, 6.07) is 26.0. The molecular weight excluding hydrogens is 368 g/mol. The first kappa shape index (κ1) is 17.7. The standard InChI is InChI=1S/C27H24N2O/c30-27(24-10-5-15-28-24)29-16-20-13-11-18-6-1-3-8-22(18)25(20)26-21(17-29)14-12-19-7-2-4-9-23(19)26/h1-4,6-9,11-14,24,28H,5,10,15-17H2/t24-/m0/s1. The molecule has 4 aromatic rings. The van der Waals surface area contributed by atoms with E-state index in [9.17, 15) is 4.79 Å². The van der Waals surface area contributed by atoms with Crippen LogP contribution < -0.4 is 5.32 Å². The van der Waals surface area contributed by atoms with Crippen LogP contribution >= 0.6 is 0 Å². The minimum atomic E-state index is -0.0455. The van der Waals surface area contributed by atoms with Gasteiger partial charge in [0.2, 0.25) is 5.91 Å². The molecule has 2 heterocycles. The third kappa shape index (κ3) is 2.73. The molecule has 1 saturated heterocycles. The molecule has 4 aromatic carbocycles. The lowest BCUT2D eigenvalue weighted by atomic mass is 9.88. The number of nitrogens with one attached hydrogen (secondary N) is 1. The Labute approximate surface area is 176 Å². The summed E-state index contributed by atoms with van der Waals surface area (Å²) in [7, 11) is 0. The van der Waals surface area contributed by atoms with E-state index in [1.54, 1.807) is 0 Å². The third-order valence-corrected chi connectivity index (χ3v) is 6.67. The Kier molecular flexibility index (Phi) is 4.10. The Hall–Kier alpha value is -3.17. The Morgan fingerprint density at radius 1 is 0.767 bits per heavy atom. The second kappa shape index (κ2) is 6.96. The average molecular weight is 393 g/mol. The van der Waals surface area contributed by atoms with Crippen LogP contribution in [-0.2, 0) is 17.9 Å². The molecule has 1 N–H and O–H groups in total. The molecular formula is C27H24N2O. The highest BCUT2D eigenvalue weighted by Crippen LogP contribution is 2.42. The van der Waals surface area contributed by atoms with E-state index < -0.39 is 0 Å². The zero-order valence-corrected chi connectivity index (χ0v) is 16.9. The first-order valence-electron chi connectivity index (χ1n) is 10.8. The van der Waals surface area contributed by atoms with Crippen molar-refractivity contribution in [3.63, 3.8) is 0 Å². The van der Waals surface area contributed by atoms with E-state index in [2.05, 4.69) is 83.0 Å². The molecule has 0 bridgehead atoms. The smallest absolute Gasteiger partial charge is 0.240 e. The van der Waals surface area contributed by atoms with Crippen molar-refractivity contribution >= 4 is 27.5 Å². The molecule has 0 unspecified atom stereocenters. The monoisotopic (exact) mass is 392 g/mol. The van der Waals surface area contributed by atoms with E-state index in [4.69, 9.17) is 0 Å². The van der Waals surface area contributed by atoms with Gasteiger partial charge in [0.1, 0.15) is 0 Å². The number of nitrogens with zero attached hydrogens (tertiary/aromatic N) is 1. The molecule has 1 atom stereocenters. The summed E-state index contributed by atoms with van der Waals surface area (Å²) in [5.41, 5.74) is 5.04. The van der Waals surface area contributed by atoms with Crippen LogP contribution in [0.2, 0.25) is 0 Å². The predicted octanol–water partition coefficient (Wildman–Crippen LogP) is 5.25. The summed E-state index contributed by atoms with van der Waals surface area (Å²) in [5.74, 6) is 0.229. The second-order valence-electron chi connectivity index (χ2n) is 8.48. The summed E-state index contributed by atoms with van der Waals surface area (Å²) in [6.07, 6.45) is 2.01. The summed E-state index contributed by atoms with van der Waals surface area (Å²) >= 11 is 0. The van der Waals surface area contributed by atoms with Crippen LogP contribution in [0.3, 0.4) is 0 Å². The first-order valence-corrected chi connectivity index (χ1v) is 10.8. The molecule has 0 radical (unpaired) electrons. The molecule has 2 aliphatic rings. The SMILES string of the molecule is O=C([C@@H]1CCCN1)N1Cc2ccc3ccccc3c2-c2c(ccc3ccccc23)C1. The maximum absolute atomic E-state index is 13.4. The van der Waals surface area contributed by atoms with Gasteiger partial charge in [0.05, 0.1) is 6.04 Å². The lowest BCUT2D eigenvalue weighted by molar-refractivity contribution is -0.134. The highest BCUT2D eigenvalue weighted by molar-refractivity contribution is 6.08. The fraction of sp³-hybridized carbons (Fsp3) is 0.222. The van der Waals surface area contributed by atoms with E-state index >= 15 is 0 Å². The zero-order chi connectivity index (χ0) is 20.1. The van der Waals surface area contributed by atoms with Gasteiger partial charge in [-0.3, -0.25) is 4.79 Å². The minimum absolute atomic E-state index is 0.0455. The van der Waals surface area contributed by atoms with Crippen LogP contribution in [0.4, 0.5) is 0 Å². The number of amides is 1. The van der Waals surface area contributed by atoms with Gasteiger partial charge in [0.15, 0.2) is 0 Å². The van der Waals surface area contributed by atoms with Crippen molar-refractivity contribution in [2.24, 2.45) is 0 Å². The number of carbonyl (C=O) groups excluding carboxylic acids is 1. The molecule has 6 rings (SSSR count). The predicted molar refractivity (Wildman–Crippen MR) is 122 cm³/mol. The second-order valence-corrected chi connectivity index (χ2v) is 8.48. The molecule has 0 spiro atoms.